The third kappa shape index (κ3) is 2.91. The molecule has 0 bridgehead atoms. The molecule has 4 rings (SSSR count). The lowest BCUT2D eigenvalue weighted by atomic mass is 10.1. The maximum Gasteiger partial charge on any atom is 0.256 e. The van der Waals surface area contributed by atoms with Gasteiger partial charge in [0.2, 0.25) is 0 Å². The first-order valence-corrected chi connectivity index (χ1v) is 9.37. The standard InChI is InChI=1S/C19H28N4O/c1-2-20-8-10-21(11-9-20)12-13-23-15-14-22-7-6-16-4-3-5-17(18(16)22)19(23)24/h3-5H,2,6-15H2,1H3. The summed E-state index contributed by atoms with van der Waals surface area (Å²) in [5, 5.41) is 0. The molecule has 3 aliphatic heterocycles. The van der Waals surface area contributed by atoms with E-state index in [0.29, 0.717) is 0 Å². The van der Waals surface area contributed by atoms with Crippen molar-refractivity contribution in [3.8, 4) is 0 Å². The van der Waals surface area contributed by atoms with Gasteiger partial charge in [-0.05, 0) is 24.6 Å². The van der Waals surface area contributed by atoms with Crippen LogP contribution in [0.1, 0.15) is 22.8 Å². The topological polar surface area (TPSA) is 30.0 Å². The highest BCUT2D eigenvalue weighted by Crippen LogP contribution is 2.34. The molecule has 24 heavy (non-hydrogen) atoms. The smallest absolute Gasteiger partial charge is 0.256 e. The number of hydrogen-bond acceptors (Lipinski definition) is 4. The number of carbonyl (C=O) groups is 1. The van der Waals surface area contributed by atoms with E-state index in [4.69, 9.17) is 0 Å². The number of likely N-dealkylation sites (N-methyl/N-ethyl adjacent to an activating group) is 1. The van der Waals surface area contributed by atoms with Gasteiger partial charge in [0, 0.05) is 58.9 Å². The fraction of sp³-hybridized carbons (Fsp3) is 0.632. The van der Waals surface area contributed by atoms with Crippen LogP contribution in [0.2, 0.25) is 0 Å². The molecule has 1 saturated heterocycles. The van der Waals surface area contributed by atoms with Crippen LogP contribution < -0.4 is 4.90 Å². The van der Waals surface area contributed by atoms with E-state index >= 15 is 0 Å². The second-order valence-corrected chi connectivity index (χ2v) is 7.12. The normalized spacial score (nSPS) is 22.0. The summed E-state index contributed by atoms with van der Waals surface area (Å²) < 4.78 is 0. The van der Waals surface area contributed by atoms with Crippen LogP contribution in [0.3, 0.4) is 0 Å². The SMILES string of the molecule is CCN1CCN(CCN2CCN3CCc4cccc(c43)C2=O)CC1. The Morgan fingerprint density at radius 3 is 2.50 bits per heavy atom. The van der Waals surface area contributed by atoms with Crippen LogP contribution in [-0.4, -0.2) is 86.1 Å². The maximum atomic E-state index is 13.0. The number of para-hydroxylation sites is 1. The molecular weight excluding hydrogens is 300 g/mol. The second-order valence-electron chi connectivity index (χ2n) is 7.12. The fourth-order valence-electron chi connectivity index (χ4n) is 4.25. The summed E-state index contributed by atoms with van der Waals surface area (Å²) in [5.41, 5.74) is 3.47. The van der Waals surface area contributed by atoms with Crippen molar-refractivity contribution >= 4 is 11.6 Å². The van der Waals surface area contributed by atoms with Gasteiger partial charge in [-0.3, -0.25) is 9.69 Å². The zero-order chi connectivity index (χ0) is 16.5. The average Bonchev–Trinajstić information content (AvgIpc) is 2.99. The van der Waals surface area contributed by atoms with Crippen LogP contribution in [0.15, 0.2) is 18.2 Å². The number of rotatable bonds is 4. The first-order chi connectivity index (χ1) is 11.8. The minimum Gasteiger partial charge on any atom is -0.369 e. The predicted molar refractivity (Wildman–Crippen MR) is 96.8 cm³/mol. The van der Waals surface area contributed by atoms with Crippen LogP contribution in [0.5, 0.6) is 0 Å². The van der Waals surface area contributed by atoms with E-state index in [1.54, 1.807) is 0 Å². The molecule has 1 aromatic carbocycles. The highest BCUT2D eigenvalue weighted by Gasteiger charge is 2.31. The second kappa shape index (κ2) is 6.73. The van der Waals surface area contributed by atoms with Crippen LogP contribution in [0.25, 0.3) is 0 Å². The lowest BCUT2D eigenvalue weighted by Crippen LogP contribution is -2.49. The lowest BCUT2D eigenvalue weighted by molar-refractivity contribution is 0.0720. The molecule has 0 radical (unpaired) electrons. The highest BCUT2D eigenvalue weighted by molar-refractivity contribution is 6.01. The summed E-state index contributed by atoms with van der Waals surface area (Å²) in [6, 6.07) is 6.23. The number of hydrogen-bond donors (Lipinski definition) is 0. The largest absolute Gasteiger partial charge is 0.369 e. The van der Waals surface area contributed by atoms with Gasteiger partial charge in [0.15, 0.2) is 0 Å². The summed E-state index contributed by atoms with van der Waals surface area (Å²) in [7, 11) is 0. The Balaban J connectivity index is 1.41. The Hall–Kier alpha value is -1.59. The summed E-state index contributed by atoms with van der Waals surface area (Å²) in [6.45, 7) is 12.7. The Morgan fingerprint density at radius 2 is 1.71 bits per heavy atom. The first kappa shape index (κ1) is 15.9. The molecule has 0 spiro atoms. The van der Waals surface area contributed by atoms with Gasteiger partial charge in [-0.1, -0.05) is 19.1 Å². The summed E-state index contributed by atoms with van der Waals surface area (Å²) in [4.78, 5) is 22.5. The van der Waals surface area contributed by atoms with E-state index in [0.717, 1.165) is 77.4 Å². The minimum absolute atomic E-state index is 0.225. The number of piperazine rings is 1. The molecule has 1 aromatic rings. The maximum absolute atomic E-state index is 13.0. The zero-order valence-electron chi connectivity index (χ0n) is 14.7. The van der Waals surface area contributed by atoms with E-state index in [1.807, 2.05) is 12.1 Å². The van der Waals surface area contributed by atoms with Crippen molar-refractivity contribution in [2.24, 2.45) is 0 Å². The Bertz CT molecular complexity index is 609. The molecule has 0 unspecified atom stereocenters. The Labute approximate surface area is 144 Å². The van der Waals surface area contributed by atoms with Gasteiger partial charge in [0.05, 0.1) is 11.3 Å². The third-order valence-electron chi connectivity index (χ3n) is 5.84. The minimum atomic E-state index is 0.225. The van der Waals surface area contributed by atoms with Crippen molar-refractivity contribution in [3.63, 3.8) is 0 Å². The molecule has 1 fully saturated rings. The van der Waals surface area contributed by atoms with E-state index in [1.165, 1.54) is 11.3 Å². The predicted octanol–water partition coefficient (Wildman–Crippen LogP) is 1.14. The van der Waals surface area contributed by atoms with Crippen LogP contribution >= 0.6 is 0 Å². The quantitative estimate of drug-likeness (QED) is 0.829. The van der Waals surface area contributed by atoms with Crippen molar-refractivity contribution in [1.29, 1.82) is 0 Å². The van der Waals surface area contributed by atoms with Gasteiger partial charge in [-0.2, -0.15) is 0 Å². The number of carbonyl (C=O) groups excluding carboxylic acids is 1. The molecular formula is C19H28N4O. The van der Waals surface area contributed by atoms with E-state index < -0.39 is 0 Å². The monoisotopic (exact) mass is 328 g/mol. The first-order valence-electron chi connectivity index (χ1n) is 9.37. The van der Waals surface area contributed by atoms with Crippen LogP contribution in [-0.2, 0) is 6.42 Å². The molecule has 3 heterocycles. The van der Waals surface area contributed by atoms with Gasteiger partial charge in [0.25, 0.3) is 5.91 Å². The number of amides is 1. The lowest BCUT2D eigenvalue weighted by Gasteiger charge is -2.35. The summed E-state index contributed by atoms with van der Waals surface area (Å²) >= 11 is 0. The number of anilines is 1. The van der Waals surface area contributed by atoms with Gasteiger partial charge < -0.3 is 14.7 Å². The zero-order valence-corrected chi connectivity index (χ0v) is 14.7. The van der Waals surface area contributed by atoms with Gasteiger partial charge in [-0.15, -0.1) is 0 Å². The van der Waals surface area contributed by atoms with Crippen molar-refractivity contribution < 1.29 is 4.79 Å². The van der Waals surface area contributed by atoms with E-state index in [2.05, 4.69) is 32.6 Å². The van der Waals surface area contributed by atoms with Crippen LogP contribution in [0.4, 0.5) is 5.69 Å². The van der Waals surface area contributed by atoms with Crippen molar-refractivity contribution in [2.75, 3.05) is 70.3 Å². The molecule has 0 aromatic heterocycles. The molecule has 0 aliphatic carbocycles. The Kier molecular flexibility index (Phi) is 4.46. The molecule has 1 amide bonds. The Morgan fingerprint density at radius 1 is 0.917 bits per heavy atom. The van der Waals surface area contributed by atoms with Crippen LogP contribution in [0, 0.1) is 0 Å². The molecule has 0 saturated carbocycles. The molecule has 0 atom stereocenters. The van der Waals surface area contributed by atoms with Gasteiger partial charge >= 0.3 is 0 Å². The van der Waals surface area contributed by atoms with Crippen molar-refractivity contribution in [3.05, 3.63) is 29.3 Å². The summed E-state index contributed by atoms with van der Waals surface area (Å²) in [5.74, 6) is 0.225. The van der Waals surface area contributed by atoms with E-state index in [9.17, 15) is 4.79 Å². The van der Waals surface area contributed by atoms with Crippen molar-refractivity contribution in [1.82, 2.24) is 14.7 Å². The average molecular weight is 328 g/mol. The van der Waals surface area contributed by atoms with Gasteiger partial charge in [-0.25, -0.2) is 0 Å². The molecule has 0 N–H and O–H groups in total. The third-order valence-corrected chi connectivity index (χ3v) is 5.84. The number of benzene rings is 1. The van der Waals surface area contributed by atoms with E-state index in [-0.39, 0.29) is 5.91 Å². The molecule has 5 nitrogen and oxygen atoms in total. The van der Waals surface area contributed by atoms with Crippen molar-refractivity contribution in [2.45, 2.75) is 13.3 Å². The fourth-order valence-corrected chi connectivity index (χ4v) is 4.25. The molecule has 130 valence electrons. The highest BCUT2D eigenvalue weighted by atomic mass is 16.2. The molecule has 5 heteroatoms. The number of nitrogens with zero attached hydrogens (tertiary/aromatic N) is 4. The summed E-state index contributed by atoms with van der Waals surface area (Å²) in [6.07, 6.45) is 1.08. The molecule has 3 aliphatic rings. The van der Waals surface area contributed by atoms with Gasteiger partial charge in [0.1, 0.15) is 0 Å².